The maximum Gasteiger partial charge on any atom is 0.223 e. The van der Waals surface area contributed by atoms with Gasteiger partial charge in [-0.2, -0.15) is 0 Å². The molecule has 3 heterocycles. The van der Waals surface area contributed by atoms with Crippen LogP contribution < -0.4 is 10.2 Å². The van der Waals surface area contributed by atoms with Crippen LogP contribution in [0.1, 0.15) is 44.6 Å². The third-order valence-corrected chi connectivity index (χ3v) is 6.48. The van der Waals surface area contributed by atoms with Crippen molar-refractivity contribution in [3.63, 3.8) is 0 Å². The lowest BCUT2D eigenvalue weighted by Gasteiger charge is -2.31. The molecule has 2 fully saturated rings. The molecule has 2 aromatic rings. The quantitative estimate of drug-likeness (QED) is 0.734. The fourth-order valence-electron chi connectivity index (χ4n) is 4.76. The fraction of sp³-hybridized carbons (Fsp3) is 0.652. The number of carbonyl (C=O) groups is 1. The first kappa shape index (κ1) is 20.2. The number of piperidine rings is 2. The number of aromatic amines is 1. The van der Waals surface area contributed by atoms with Crippen molar-refractivity contribution in [1.29, 1.82) is 0 Å². The SMILES string of the molecule is Cc1ccc2nc(N3CCC(C(=O)NCCCN4CCCC(C)C4)CC3)[nH]c2c1. The van der Waals surface area contributed by atoms with Gasteiger partial charge in [0, 0.05) is 32.1 Å². The molecule has 6 nitrogen and oxygen atoms in total. The summed E-state index contributed by atoms with van der Waals surface area (Å²) in [5.41, 5.74) is 3.33. The third-order valence-electron chi connectivity index (χ3n) is 6.48. The monoisotopic (exact) mass is 397 g/mol. The Labute approximate surface area is 174 Å². The molecule has 2 aliphatic rings. The van der Waals surface area contributed by atoms with Gasteiger partial charge in [-0.25, -0.2) is 4.98 Å². The molecule has 0 saturated carbocycles. The topological polar surface area (TPSA) is 64.3 Å². The van der Waals surface area contributed by atoms with Crippen LogP contribution in [0.5, 0.6) is 0 Å². The Morgan fingerprint density at radius 1 is 1.24 bits per heavy atom. The second-order valence-electron chi connectivity index (χ2n) is 9.03. The van der Waals surface area contributed by atoms with E-state index in [0.29, 0.717) is 0 Å². The zero-order valence-electron chi connectivity index (χ0n) is 17.9. The number of nitrogens with zero attached hydrogens (tertiary/aromatic N) is 3. The number of fused-ring (bicyclic) bond motifs is 1. The van der Waals surface area contributed by atoms with Crippen LogP contribution in [0.4, 0.5) is 5.95 Å². The van der Waals surface area contributed by atoms with Crippen LogP contribution >= 0.6 is 0 Å². The Morgan fingerprint density at radius 2 is 2.07 bits per heavy atom. The predicted molar refractivity (Wildman–Crippen MR) is 118 cm³/mol. The van der Waals surface area contributed by atoms with Gasteiger partial charge >= 0.3 is 0 Å². The van der Waals surface area contributed by atoms with E-state index in [0.717, 1.165) is 68.3 Å². The Kier molecular flexibility index (Phi) is 6.38. The van der Waals surface area contributed by atoms with E-state index in [1.165, 1.54) is 31.5 Å². The molecule has 1 atom stereocenters. The average Bonchev–Trinajstić information content (AvgIpc) is 3.14. The highest BCUT2D eigenvalue weighted by Crippen LogP contribution is 2.24. The molecule has 1 amide bonds. The minimum Gasteiger partial charge on any atom is -0.356 e. The first-order valence-electron chi connectivity index (χ1n) is 11.3. The number of amides is 1. The van der Waals surface area contributed by atoms with E-state index in [1.54, 1.807) is 0 Å². The van der Waals surface area contributed by atoms with E-state index in [-0.39, 0.29) is 11.8 Å². The van der Waals surface area contributed by atoms with Gasteiger partial charge in [-0.05, 0) is 75.7 Å². The summed E-state index contributed by atoms with van der Waals surface area (Å²) in [4.78, 5) is 25.5. The van der Waals surface area contributed by atoms with Gasteiger partial charge in [-0.1, -0.05) is 13.0 Å². The fourth-order valence-corrected chi connectivity index (χ4v) is 4.76. The van der Waals surface area contributed by atoms with Gasteiger partial charge in [0.1, 0.15) is 0 Å². The van der Waals surface area contributed by atoms with Gasteiger partial charge in [-0.3, -0.25) is 4.79 Å². The lowest BCUT2D eigenvalue weighted by Crippen LogP contribution is -2.42. The van der Waals surface area contributed by atoms with Crippen LogP contribution in [0.25, 0.3) is 11.0 Å². The molecule has 4 rings (SSSR count). The number of hydrogen-bond acceptors (Lipinski definition) is 4. The van der Waals surface area contributed by atoms with E-state index in [4.69, 9.17) is 4.98 Å². The molecule has 2 N–H and O–H groups in total. The van der Waals surface area contributed by atoms with Crippen LogP contribution in [0.3, 0.4) is 0 Å². The first-order valence-corrected chi connectivity index (χ1v) is 11.3. The van der Waals surface area contributed by atoms with Gasteiger partial charge in [0.25, 0.3) is 0 Å². The highest BCUT2D eigenvalue weighted by atomic mass is 16.1. The molecule has 2 aliphatic heterocycles. The van der Waals surface area contributed by atoms with Crippen molar-refractivity contribution >= 4 is 22.9 Å². The van der Waals surface area contributed by atoms with E-state index in [9.17, 15) is 4.79 Å². The number of aromatic nitrogens is 2. The van der Waals surface area contributed by atoms with Crippen LogP contribution in [-0.4, -0.2) is 60.0 Å². The zero-order chi connectivity index (χ0) is 20.2. The van der Waals surface area contributed by atoms with Gasteiger partial charge < -0.3 is 20.1 Å². The van der Waals surface area contributed by atoms with Gasteiger partial charge in [0.15, 0.2) is 0 Å². The molecule has 1 unspecified atom stereocenters. The summed E-state index contributed by atoms with van der Waals surface area (Å²) in [6.07, 6.45) is 5.52. The molecule has 29 heavy (non-hydrogen) atoms. The maximum atomic E-state index is 12.6. The van der Waals surface area contributed by atoms with Crippen LogP contribution in [0.15, 0.2) is 18.2 Å². The number of aryl methyl sites for hydroxylation is 1. The smallest absolute Gasteiger partial charge is 0.223 e. The Morgan fingerprint density at radius 3 is 2.86 bits per heavy atom. The van der Waals surface area contributed by atoms with Crippen LogP contribution in [0, 0.1) is 18.8 Å². The standard InChI is InChI=1S/C23H35N5O/c1-17-6-7-20-21(15-17)26-23(25-20)28-13-8-19(9-14-28)22(29)24-10-4-12-27-11-3-5-18(2)16-27/h6-7,15,18-19H,3-5,8-14,16H2,1-2H3,(H,24,29)(H,25,26). The van der Waals surface area contributed by atoms with Crippen molar-refractivity contribution in [2.75, 3.05) is 44.2 Å². The summed E-state index contributed by atoms with van der Waals surface area (Å²) in [5, 5.41) is 3.18. The lowest BCUT2D eigenvalue weighted by molar-refractivity contribution is -0.125. The molecule has 0 spiro atoms. The zero-order valence-corrected chi connectivity index (χ0v) is 17.9. The Hall–Kier alpha value is -2.08. The van der Waals surface area contributed by atoms with Crippen molar-refractivity contribution in [1.82, 2.24) is 20.2 Å². The number of carbonyl (C=O) groups excluding carboxylic acids is 1. The number of anilines is 1. The molecular weight excluding hydrogens is 362 g/mol. The summed E-state index contributed by atoms with van der Waals surface area (Å²) in [5.74, 6) is 2.12. The Bertz CT molecular complexity index is 824. The summed E-state index contributed by atoms with van der Waals surface area (Å²) in [6.45, 7) is 10.5. The molecule has 0 radical (unpaired) electrons. The molecule has 2 saturated heterocycles. The number of imidazole rings is 1. The van der Waals surface area contributed by atoms with Crippen molar-refractivity contribution < 1.29 is 4.79 Å². The van der Waals surface area contributed by atoms with Crippen molar-refractivity contribution in [3.05, 3.63) is 23.8 Å². The van der Waals surface area contributed by atoms with Crippen molar-refractivity contribution in [3.8, 4) is 0 Å². The van der Waals surface area contributed by atoms with Crippen molar-refractivity contribution in [2.24, 2.45) is 11.8 Å². The summed E-state index contributed by atoms with van der Waals surface area (Å²) < 4.78 is 0. The van der Waals surface area contributed by atoms with E-state index < -0.39 is 0 Å². The Balaban J connectivity index is 1.19. The third kappa shape index (κ3) is 5.10. The van der Waals surface area contributed by atoms with Crippen molar-refractivity contribution in [2.45, 2.75) is 46.0 Å². The molecule has 6 heteroatoms. The molecule has 1 aromatic heterocycles. The number of benzene rings is 1. The largest absolute Gasteiger partial charge is 0.356 e. The van der Waals surface area contributed by atoms with Crippen LogP contribution in [0.2, 0.25) is 0 Å². The van der Waals surface area contributed by atoms with E-state index in [2.05, 4.69) is 52.1 Å². The lowest BCUT2D eigenvalue weighted by atomic mass is 9.96. The molecule has 1 aromatic carbocycles. The number of hydrogen-bond donors (Lipinski definition) is 2. The number of nitrogens with one attached hydrogen (secondary N) is 2. The van der Waals surface area contributed by atoms with E-state index >= 15 is 0 Å². The number of likely N-dealkylation sites (tertiary alicyclic amines) is 1. The maximum absolute atomic E-state index is 12.6. The highest BCUT2D eigenvalue weighted by molar-refractivity contribution is 5.80. The average molecular weight is 398 g/mol. The molecule has 158 valence electrons. The van der Waals surface area contributed by atoms with Crippen LogP contribution in [-0.2, 0) is 4.79 Å². The molecular formula is C23H35N5O. The number of H-pyrrole nitrogens is 1. The minimum atomic E-state index is 0.132. The number of rotatable bonds is 6. The summed E-state index contributed by atoms with van der Waals surface area (Å²) in [7, 11) is 0. The predicted octanol–water partition coefficient (Wildman–Crippen LogP) is 3.33. The summed E-state index contributed by atoms with van der Waals surface area (Å²) in [6, 6.07) is 6.29. The molecule has 0 aliphatic carbocycles. The van der Waals surface area contributed by atoms with Gasteiger partial charge in [0.2, 0.25) is 11.9 Å². The molecule has 0 bridgehead atoms. The second kappa shape index (κ2) is 9.16. The second-order valence-corrected chi connectivity index (χ2v) is 9.03. The van der Waals surface area contributed by atoms with E-state index in [1.807, 2.05) is 0 Å². The van der Waals surface area contributed by atoms with Gasteiger partial charge in [-0.15, -0.1) is 0 Å². The van der Waals surface area contributed by atoms with Gasteiger partial charge in [0.05, 0.1) is 11.0 Å². The summed E-state index contributed by atoms with van der Waals surface area (Å²) >= 11 is 0. The normalized spacial score (nSPS) is 21.6. The minimum absolute atomic E-state index is 0.132. The highest BCUT2D eigenvalue weighted by Gasteiger charge is 2.26. The first-order chi connectivity index (χ1) is 14.1.